The highest BCUT2D eigenvalue weighted by Gasteiger charge is 2.28. The lowest BCUT2D eigenvalue weighted by molar-refractivity contribution is 0.0389. The van der Waals surface area contributed by atoms with Gasteiger partial charge in [0.1, 0.15) is 0 Å². The molecule has 9 heteroatoms. The van der Waals surface area contributed by atoms with Gasteiger partial charge < -0.3 is 15.4 Å². The molecule has 1 heterocycles. The van der Waals surface area contributed by atoms with Gasteiger partial charge in [0.25, 0.3) is 0 Å². The summed E-state index contributed by atoms with van der Waals surface area (Å²) in [6.07, 6.45) is 0. The van der Waals surface area contributed by atoms with E-state index in [1.54, 1.807) is 27.8 Å². The quantitative estimate of drug-likeness (QED) is 0.336. The van der Waals surface area contributed by atoms with Gasteiger partial charge in [0.05, 0.1) is 23.7 Å². The second-order valence-electron chi connectivity index (χ2n) is 6.31. The van der Waals surface area contributed by atoms with E-state index < -0.39 is 14.6 Å². The predicted molar refractivity (Wildman–Crippen MR) is 106 cm³/mol. The van der Waals surface area contributed by atoms with Crippen molar-refractivity contribution in [3.8, 4) is 0 Å². The Labute approximate surface area is 157 Å². The zero-order chi connectivity index (χ0) is 16.6. The first-order chi connectivity index (χ1) is 10.3. The maximum Gasteiger partial charge on any atom is 0.191 e. The average molecular weight is 462 g/mol. The van der Waals surface area contributed by atoms with Crippen molar-refractivity contribution < 1.29 is 13.2 Å². The summed E-state index contributed by atoms with van der Waals surface area (Å²) in [6, 6.07) is 0. The molecule has 2 N–H and O–H groups in total. The van der Waals surface area contributed by atoms with Crippen molar-refractivity contribution in [2.75, 3.05) is 58.7 Å². The molecule has 0 unspecified atom stereocenters. The molecule has 0 atom stereocenters. The largest absolute Gasteiger partial charge is 0.379 e. The summed E-state index contributed by atoms with van der Waals surface area (Å²) in [4.78, 5) is 6.44. The van der Waals surface area contributed by atoms with Gasteiger partial charge in [0, 0.05) is 39.8 Å². The molecular weight excluding hydrogens is 431 g/mol. The number of ether oxygens (including phenoxy) is 1. The minimum absolute atomic E-state index is 0. The van der Waals surface area contributed by atoms with Gasteiger partial charge in [-0.25, -0.2) is 8.42 Å². The van der Waals surface area contributed by atoms with E-state index >= 15 is 0 Å². The molecular formula is C14H31IN4O3S. The summed E-state index contributed by atoms with van der Waals surface area (Å²) in [6.45, 7) is 10.7. The van der Waals surface area contributed by atoms with Crippen molar-refractivity contribution in [3.05, 3.63) is 0 Å². The molecule has 0 aliphatic carbocycles. The number of nitrogens with zero attached hydrogens (tertiary/aromatic N) is 2. The minimum atomic E-state index is -3.11. The molecule has 23 heavy (non-hydrogen) atoms. The summed E-state index contributed by atoms with van der Waals surface area (Å²) >= 11 is 0. The maximum absolute atomic E-state index is 12.0. The molecule has 1 fully saturated rings. The second kappa shape index (κ2) is 10.7. The number of aliphatic imine (C=N–C) groups is 1. The van der Waals surface area contributed by atoms with Crippen LogP contribution in [0.15, 0.2) is 4.99 Å². The van der Waals surface area contributed by atoms with Crippen molar-refractivity contribution in [3.63, 3.8) is 0 Å². The molecule has 0 amide bonds. The lowest BCUT2D eigenvalue weighted by Gasteiger charge is -2.26. The normalized spacial score (nSPS) is 17.5. The number of nitrogens with one attached hydrogen (secondary N) is 2. The zero-order valence-corrected chi connectivity index (χ0v) is 17.7. The molecule has 138 valence electrons. The predicted octanol–water partition coefficient (Wildman–Crippen LogP) is 0.315. The van der Waals surface area contributed by atoms with E-state index in [0.717, 1.165) is 39.4 Å². The molecule has 1 aliphatic heterocycles. The third-order valence-electron chi connectivity index (χ3n) is 3.64. The monoisotopic (exact) mass is 462 g/mol. The average Bonchev–Trinajstić information content (AvgIpc) is 2.45. The summed E-state index contributed by atoms with van der Waals surface area (Å²) in [7, 11) is -1.42. The number of hydrogen-bond donors (Lipinski definition) is 2. The van der Waals surface area contributed by atoms with Crippen LogP contribution >= 0.6 is 24.0 Å². The molecule has 0 aromatic rings. The first-order valence-corrected chi connectivity index (χ1v) is 9.38. The topological polar surface area (TPSA) is 83.0 Å². The van der Waals surface area contributed by atoms with E-state index in [0.29, 0.717) is 12.5 Å². The Morgan fingerprint density at radius 1 is 1.17 bits per heavy atom. The Morgan fingerprint density at radius 3 is 2.26 bits per heavy atom. The van der Waals surface area contributed by atoms with Crippen LogP contribution in [-0.2, 0) is 14.6 Å². The SMILES string of the molecule is CN=C(NCCN1CCOCC1)NCCS(=O)(=O)C(C)(C)C.I. The van der Waals surface area contributed by atoms with Gasteiger partial charge in [0.15, 0.2) is 15.8 Å². The molecule has 1 saturated heterocycles. The van der Waals surface area contributed by atoms with Crippen molar-refractivity contribution in [1.29, 1.82) is 0 Å². The Morgan fingerprint density at radius 2 is 1.74 bits per heavy atom. The number of sulfone groups is 1. The third-order valence-corrected chi connectivity index (χ3v) is 6.25. The third kappa shape index (κ3) is 8.50. The van der Waals surface area contributed by atoms with E-state index in [4.69, 9.17) is 4.74 Å². The minimum Gasteiger partial charge on any atom is -0.379 e. The first kappa shape index (κ1) is 22.9. The van der Waals surface area contributed by atoms with Crippen molar-refractivity contribution >= 4 is 39.8 Å². The summed E-state index contributed by atoms with van der Waals surface area (Å²) in [5.41, 5.74) is 0. The van der Waals surface area contributed by atoms with Crippen molar-refractivity contribution in [2.45, 2.75) is 25.5 Å². The zero-order valence-electron chi connectivity index (χ0n) is 14.6. The molecule has 0 saturated carbocycles. The highest BCUT2D eigenvalue weighted by atomic mass is 127. The van der Waals surface area contributed by atoms with E-state index in [9.17, 15) is 8.42 Å². The van der Waals surface area contributed by atoms with E-state index in [1.165, 1.54) is 0 Å². The van der Waals surface area contributed by atoms with Crippen LogP contribution in [0.3, 0.4) is 0 Å². The smallest absolute Gasteiger partial charge is 0.191 e. The van der Waals surface area contributed by atoms with Crippen LogP contribution in [0.2, 0.25) is 0 Å². The van der Waals surface area contributed by atoms with Crippen LogP contribution in [-0.4, -0.2) is 82.8 Å². The Kier molecular flexibility index (Phi) is 10.6. The van der Waals surface area contributed by atoms with Crippen LogP contribution < -0.4 is 10.6 Å². The lowest BCUT2D eigenvalue weighted by atomic mass is 10.3. The highest BCUT2D eigenvalue weighted by Crippen LogP contribution is 2.15. The summed E-state index contributed by atoms with van der Waals surface area (Å²) < 4.78 is 28.6. The van der Waals surface area contributed by atoms with Crippen molar-refractivity contribution in [2.24, 2.45) is 4.99 Å². The number of guanidine groups is 1. The molecule has 0 aromatic carbocycles. The molecule has 0 bridgehead atoms. The fourth-order valence-corrected chi connectivity index (χ4v) is 2.97. The van der Waals surface area contributed by atoms with Gasteiger partial charge in [-0.1, -0.05) is 0 Å². The van der Waals surface area contributed by atoms with Crippen LogP contribution in [0, 0.1) is 0 Å². The molecule has 1 aliphatic rings. The summed E-state index contributed by atoms with van der Waals surface area (Å²) in [5.74, 6) is 0.734. The van der Waals surface area contributed by atoms with E-state index in [1.807, 2.05) is 0 Å². The second-order valence-corrected chi connectivity index (χ2v) is 9.17. The Balaban J connectivity index is 0.00000484. The lowest BCUT2D eigenvalue weighted by Crippen LogP contribution is -2.45. The van der Waals surface area contributed by atoms with E-state index in [-0.39, 0.29) is 29.7 Å². The highest BCUT2D eigenvalue weighted by molar-refractivity contribution is 14.0. The van der Waals surface area contributed by atoms with Gasteiger partial charge >= 0.3 is 0 Å². The van der Waals surface area contributed by atoms with Gasteiger partial charge in [-0.15, -0.1) is 24.0 Å². The maximum atomic E-state index is 12.0. The molecule has 1 rings (SSSR count). The first-order valence-electron chi connectivity index (χ1n) is 7.73. The molecule has 0 aromatic heterocycles. The molecule has 7 nitrogen and oxygen atoms in total. The van der Waals surface area contributed by atoms with Gasteiger partial charge in [0.2, 0.25) is 0 Å². The standard InChI is InChI=1S/C14H30N4O3S.HI/c1-14(2,3)22(19,20)12-6-17-13(15-4)16-5-7-18-8-10-21-11-9-18;/h5-12H2,1-4H3,(H2,15,16,17);1H. The van der Waals surface area contributed by atoms with Crippen LogP contribution in [0.5, 0.6) is 0 Å². The fourth-order valence-electron chi connectivity index (χ4n) is 1.99. The Hall–Kier alpha value is -0.130. The number of hydrogen-bond acceptors (Lipinski definition) is 5. The molecule has 0 radical (unpaired) electrons. The van der Waals surface area contributed by atoms with Crippen molar-refractivity contribution in [1.82, 2.24) is 15.5 Å². The van der Waals surface area contributed by atoms with Gasteiger partial charge in [-0.05, 0) is 20.8 Å². The number of rotatable bonds is 6. The molecule has 0 spiro atoms. The van der Waals surface area contributed by atoms with Crippen LogP contribution in [0.1, 0.15) is 20.8 Å². The van der Waals surface area contributed by atoms with Gasteiger partial charge in [-0.3, -0.25) is 9.89 Å². The van der Waals surface area contributed by atoms with Crippen LogP contribution in [0.4, 0.5) is 0 Å². The number of halogens is 1. The van der Waals surface area contributed by atoms with E-state index in [2.05, 4.69) is 20.5 Å². The fraction of sp³-hybridized carbons (Fsp3) is 0.929. The Bertz CT molecular complexity index is 457. The number of morpholine rings is 1. The summed E-state index contributed by atoms with van der Waals surface area (Å²) in [5, 5.41) is 6.26. The van der Waals surface area contributed by atoms with Crippen LogP contribution in [0.25, 0.3) is 0 Å². The van der Waals surface area contributed by atoms with Gasteiger partial charge in [-0.2, -0.15) is 0 Å².